The first-order valence-corrected chi connectivity index (χ1v) is 13.7. The Morgan fingerprint density at radius 2 is 1.85 bits per heavy atom. The third-order valence-corrected chi connectivity index (χ3v) is 7.64. The average molecular weight is 628 g/mol. The van der Waals surface area contributed by atoms with Crippen molar-refractivity contribution in [2.24, 2.45) is 11.8 Å². The molecule has 1 aromatic carbocycles. The molecule has 0 aliphatic carbocycles. The maximum Gasteiger partial charge on any atom is 0.236 e. The Hall–Kier alpha value is -2.56. The molecule has 2 atom stereocenters. The standard InChI is InChI=1S/C29H38N6O3.3ClH/c36-28(33-19-25-5-1-2-9-32-25)17-22-8-12-35-21-23(22)4-3-15-38-27-7-6-26(34-13-10-30-11-14-34)16-24(27)18-31-20-29(35)37;;;/h1-7,9,16,22-23,30-31H,8,10-15,17-21H2,(H,33,36);3*1H/t22-,23-;;;/m0.../s1. The van der Waals surface area contributed by atoms with Gasteiger partial charge in [0, 0.05) is 69.7 Å². The summed E-state index contributed by atoms with van der Waals surface area (Å²) < 4.78 is 6.17. The highest BCUT2D eigenvalue weighted by molar-refractivity contribution is 5.86. The van der Waals surface area contributed by atoms with Crippen LogP contribution in [-0.2, 0) is 22.7 Å². The van der Waals surface area contributed by atoms with E-state index in [4.69, 9.17) is 4.74 Å². The number of hydrogen-bond acceptors (Lipinski definition) is 7. The lowest BCUT2D eigenvalue weighted by Gasteiger charge is -2.37. The lowest BCUT2D eigenvalue weighted by molar-refractivity contribution is -0.132. The van der Waals surface area contributed by atoms with Gasteiger partial charge in [-0.05, 0) is 48.6 Å². The van der Waals surface area contributed by atoms with Crippen LogP contribution in [0.1, 0.15) is 24.1 Å². The monoisotopic (exact) mass is 626 g/mol. The molecule has 1 aromatic heterocycles. The summed E-state index contributed by atoms with van der Waals surface area (Å²) in [6, 6.07) is 12.0. The van der Waals surface area contributed by atoms with Crippen LogP contribution >= 0.6 is 37.2 Å². The fourth-order valence-corrected chi connectivity index (χ4v) is 5.48. The molecule has 9 nitrogen and oxygen atoms in total. The maximum absolute atomic E-state index is 13.0. The number of nitrogens with zero attached hydrogens (tertiary/aromatic N) is 3. The van der Waals surface area contributed by atoms with Crippen LogP contribution in [0, 0.1) is 11.8 Å². The molecule has 3 N–H and O–H groups in total. The molecule has 0 saturated carbocycles. The Kier molecular flexibility index (Phi) is 14.7. The Bertz CT molecular complexity index is 1130. The zero-order valence-corrected chi connectivity index (χ0v) is 25.6. The highest BCUT2D eigenvalue weighted by atomic mass is 35.5. The van der Waals surface area contributed by atoms with Gasteiger partial charge < -0.3 is 30.5 Å². The summed E-state index contributed by atoms with van der Waals surface area (Å²) in [5.41, 5.74) is 3.08. The molecule has 41 heavy (non-hydrogen) atoms. The number of nitrogens with one attached hydrogen (secondary N) is 3. The number of piperidine rings is 1. The lowest BCUT2D eigenvalue weighted by atomic mass is 9.82. The number of fused-ring (bicyclic) bond motifs is 3. The van der Waals surface area contributed by atoms with Crippen molar-refractivity contribution in [3.05, 3.63) is 66.0 Å². The van der Waals surface area contributed by atoms with Gasteiger partial charge in [0.25, 0.3) is 0 Å². The second kappa shape index (κ2) is 17.4. The number of carbonyl (C=O) groups is 2. The van der Waals surface area contributed by atoms with Crippen molar-refractivity contribution in [1.82, 2.24) is 25.8 Å². The van der Waals surface area contributed by atoms with Gasteiger partial charge in [-0.2, -0.15) is 0 Å². The number of anilines is 1. The molecule has 2 saturated heterocycles. The molecule has 2 amide bonds. The molecule has 0 radical (unpaired) electrons. The summed E-state index contributed by atoms with van der Waals surface area (Å²) in [6.45, 7) is 6.93. The van der Waals surface area contributed by atoms with Crippen molar-refractivity contribution in [1.29, 1.82) is 0 Å². The van der Waals surface area contributed by atoms with Gasteiger partial charge >= 0.3 is 0 Å². The first kappa shape index (κ1) is 34.6. The normalized spacial score (nSPS) is 20.7. The van der Waals surface area contributed by atoms with Crippen LogP contribution in [0.2, 0.25) is 0 Å². The SMILES string of the molecule is Cl.Cl.Cl.O=C(C[C@@H]1CCN2C[C@@H]1C=CCOc1ccc(N3CCNCC3)cc1CNCC2=O)NCc1ccccn1. The number of piperazine rings is 1. The highest BCUT2D eigenvalue weighted by Crippen LogP contribution is 2.29. The third-order valence-electron chi connectivity index (χ3n) is 7.64. The van der Waals surface area contributed by atoms with E-state index in [1.165, 1.54) is 5.69 Å². The van der Waals surface area contributed by atoms with E-state index < -0.39 is 0 Å². The fourth-order valence-electron chi connectivity index (χ4n) is 5.48. The van der Waals surface area contributed by atoms with Crippen molar-refractivity contribution in [3.8, 4) is 5.75 Å². The number of amides is 2. The zero-order valence-electron chi connectivity index (χ0n) is 23.1. The summed E-state index contributed by atoms with van der Waals surface area (Å²) in [6.07, 6.45) is 7.13. The number of benzene rings is 1. The zero-order chi connectivity index (χ0) is 26.2. The summed E-state index contributed by atoms with van der Waals surface area (Å²) in [5.74, 6) is 1.23. The number of hydrogen-bond donors (Lipinski definition) is 3. The minimum Gasteiger partial charge on any atom is -0.489 e. The van der Waals surface area contributed by atoms with Crippen molar-refractivity contribution < 1.29 is 14.3 Å². The maximum atomic E-state index is 13.0. The van der Waals surface area contributed by atoms with E-state index in [9.17, 15) is 9.59 Å². The van der Waals surface area contributed by atoms with E-state index in [1.54, 1.807) is 6.20 Å². The third kappa shape index (κ3) is 9.75. The van der Waals surface area contributed by atoms with E-state index in [0.29, 0.717) is 39.2 Å². The second-order valence-electron chi connectivity index (χ2n) is 10.2. The topological polar surface area (TPSA) is 98.8 Å². The molecule has 12 heteroatoms. The molecule has 0 unspecified atom stereocenters. The minimum atomic E-state index is 0. The molecule has 3 aliphatic heterocycles. The van der Waals surface area contributed by atoms with Crippen LogP contribution < -0.4 is 25.6 Å². The van der Waals surface area contributed by atoms with Crippen LogP contribution in [-0.4, -0.2) is 74.1 Å². The molecule has 3 aliphatic rings. The van der Waals surface area contributed by atoms with Gasteiger partial charge in [0.05, 0.1) is 18.8 Å². The van der Waals surface area contributed by atoms with E-state index in [-0.39, 0.29) is 67.4 Å². The van der Waals surface area contributed by atoms with Crippen molar-refractivity contribution in [3.63, 3.8) is 0 Å². The Labute approximate surface area is 261 Å². The summed E-state index contributed by atoms with van der Waals surface area (Å²) in [5, 5.41) is 9.74. The largest absolute Gasteiger partial charge is 0.489 e. The Morgan fingerprint density at radius 3 is 2.63 bits per heavy atom. The molecular formula is C29H41Cl3N6O3. The van der Waals surface area contributed by atoms with Gasteiger partial charge in [0.15, 0.2) is 0 Å². The molecule has 226 valence electrons. The minimum absolute atomic E-state index is 0. The average Bonchev–Trinajstić information content (AvgIpc) is 2.97. The predicted molar refractivity (Wildman–Crippen MR) is 168 cm³/mol. The predicted octanol–water partition coefficient (Wildman–Crippen LogP) is 2.97. The van der Waals surface area contributed by atoms with E-state index in [2.05, 4.69) is 44.0 Å². The van der Waals surface area contributed by atoms with Crippen LogP contribution in [0.15, 0.2) is 54.7 Å². The van der Waals surface area contributed by atoms with Crippen molar-refractivity contribution >= 4 is 54.7 Å². The van der Waals surface area contributed by atoms with E-state index >= 15 is 0 Å². The van der Waals surface area contributed by atoms with Crippen molar-refractivity contribution in [2.75, 3.05) is 57.3 Å². The number of ether oxygens (including phenoxy) is 1. The fraction of sp³-hybridized carbons (Fsp3) is 0.483. The first-order chi connectivity index (χ1) is 18.7. The molecule has 2 bridgehead atoms. The first-order valence-electron chi connectivity index (χ1n) is 13.7. The number of aromatic nitrogens is 1. The van der Waals surface area contributed by atoms with Gasteiger partial charge in [-0.25, -0.2) is 0 Å². The quantitative estimate of drug-likeness (QED) is 0.439. The van der Waals surface area contributed by atoms with Crippen LogP contribution in [0.4, 0.5) is 5.69 Å². The summed E-state index contributed by atoms with van der Waals surface area (Å²) in [7, 11) is 0. The molecule has 5 rings (SSSR count). The smallest absolute Gasteiger partial charge is 0.236 e. The lowest BCUT2D eigenvalue weighted by Crippen LogP contribution is -2.47. The van der Waals surface area contributed by atoms with Gasteiger partial charge in [0.1, 0.15) is 12.4 Å². The van der Waals surface area contributed by atoms with Crippen LogP contribution in [0.5, 0.6) is 5.75 Å². The highest BCUT2D eigenvalue weighted by Gasteiger charge is 2.31. The van der Waals surface area contributed by atoms with Gasteiger partial charge in [-0.15, -0.1) is 37.2 Å². The van der Waals surface area contributed by atoms with Gasteiger partial charge in [-0.3, -0.25) is 14.6 Å². The summed E-state index contributed by atoms with van der Waals surface area (Å²) >= 11 is 0. The van der Waals surface area contributed by atoms with E-state index in [0.717, 1.165) is 49.6 Å². The van der Waals surface area contributed by atoms with Crippen molar-refractivity contribution in [2.45, 2.75) is 25.9 Å². The Balaban J connectivity index is 0.00000196. The second-order valence-corrected chi connectivity index (χ2v) is 10.2. The number of pyridine rings is 1. The van der Waals surface area contributed by atoms with Crippen LogP contribution in [0.3, 0.4) is 0 Å². The van der Waals surface area contributed by atoms with E-state index in [1.807, 2.05) is 35.2 Å². The van der Waals surface area contributed by atoms with Gasteiger partial charge in [0.2, 0.25) is 11.8 Å². The van der Waals surface area contributed by atoms with Crippen LogP contribution in [0.25, 0.3) is 0 Å². The molecular weight excluding hydrogens is 587 g/mol. The molecule has 0 spiro atoms. The molecule has 4 heterocycles. The molecule has 2 aromatic rings. The summed E-state index contributed by atoms with van der Waals surface area (Å²) in [4.78, 5) is 34.4. The number of rotatable bonds is 5. The van der Waals surface area contributed by atoms with Gasteiger partial charge in [-0.1, -0.05) is 18.2 Å². The number of halogens is 3. The Morgan fingerprint density at radius 1 is 1.02 bits per heavy atom. The molecule has 2 fully saturated rings. The number of carbonyl (C=O) groups excluding carboxylic acids is 2.